The molecule has 3 aliphatic rings. The van der Waals surface area contributed by atoms with Crippen molar-refractivity contribution >= 4 is 29.4 Å². The second kappa shape index (κ2) is 21.1. The Kier molecular flexibility index (Phi) is 17.7. The van der Waals surface area contributed by atoms with E-state index >= 15 is 0 Å². The molecule has 17 heteroatoms. The van der Waals surface area contributed by atoms with Crippen LogP contribution in [0.5, 0.6) is 0 Å². The number of Topliss-reactive ketones (excluding diaryl/α,β-unsaturated/α-hetero) is 3. The van der Waals surface area contributed by atoms with Crippen LogP contribution in [0.1, 0.15) is 60.8 Å². The lowest BCUT2D eigenvalue weighted by atomic mass is 9.68. The van der Waals surface area contributed by atoms with Gasteiger partial charge < -0.3 is 39.1 Å². The number of hydrogen-bond donors (Lipinski definition) is 6. The molecule has 17 nitrogen and oxygen atoms in total. The minimum absolute atomic E-state index is 0.0322. The minimum Gasteiger partial charge on any atom is -0.443 e. The summed E-state index contributed by atoms with van der Waals surface area (Å²) in [5, 5.41) is 5.43. The molecule has 296 valence electrons. The van der Waals surface area contributed by atoms with Gasteiger partial charge in [0.25, 0.3) is 0 Å². The molecule has 6 N–H and O–H groups in total. The topological polar surface area (TPSA) is 220 Å². The summed E-state index contributed by atoms with van der Waals surface area (Å²) < 4.78 is 34.9. The summed E-state index contributed by atoms with van der Waals surface area (Å²) in [5.41, 5.74) is 11.1. The molecule has 1 aliphatic carbocycles. The summed E-state index contributed by atoms with van der Waals surface area (Å²) in [4.78, 5) is 60.5. The van der Waals surface area contributed by atoms with Crippen LogP contribution in [0.4, 0.5) is 4.79 Å². The fraction of sp³-hybridized carbons (Fsp3) is 0.800. The predicted molar refractivity (Wildman–Crippen MR) is 189 cm³/mol. The first-order valence-corrected chi connectivity index (χ1v) is 18.1. The van der Waals surface area contributed by atoms with Gasteiger partial charge >= 0.3 is 6.09 Å². The van der Waals surface area contributed by atoms with E-state index < -0.39 is 35.4 Å². The molecular formula is C35H60N6O11. The van der Waals surface area contributed by atoms with E-state index in [1.54, 1.807) is 21.0 Å². The zero-order valence-corrected chi connectivity index (χ0v) is 31.7. The van der Waals surface area contributed by atoms with E-state index in [1.807, 2.05) is 0 Å². The van der Waals surface area contributed by atoms with Crippen LogP contribution in [0.3, 0.4) is 0 Å². The van der Waals surface area contributed by atoms with Gasteiger partial charge in [-0.1, -0.05) is 25.5 Å². The summed E-state index contributed by atoms with van der Waals surface area (Å²) in [7, 11) is 1.64. The number of epoxide rings is 2. The summed E-state index contributed by atoms with van der Waals surface area (Å²) in [6.07, 6.45) is 3.19. The van der Waals surface area contributed by atoms with Crippen molar-refractivity contribution in [3.63, 3.8) is 0 Å². The van der Waals surface area contributed by atoms with Crippen LogP contribution in [0.25, 0.3) is 0 Å². The Bertz CT molecular complexity index is 1240. The largest absolute Gasteiger partial charge is 0.443 e. The lowest BCUT2D eigenvalue weighted by Crippen LogP contribution is -2.56. The van der Waals surface area contributed by atoms with Gasteiger partial charge in [0.1, 0.15) is 29.2 Å². The molecule has 3 fully saturated rings. The van der Waals surface area contributed by atoms with E-state index in [2.05, 4.69) is 59.2 Å². The number of allylic oxidation sites excluding steroid dienone is 1. The van der Waals surface area contributed by atoms with Crippen molar-refractivity contribution in [2.45, 2.75) is 96.4 Å². The van der Waals surface area contributed by atoms with E-state index in [0.717, 1.165) is 12.8 Å². The summed E-state index contributed by atoms with van der Waals surface area (Å²) in [5.74, 6) is -2.03. The number of carbonyl (C=O) groups excluding carboxylic acids is 5. The second-order valence-corrected chi connectivity index (χ2v) is 14.2. The highest BCUT2D eigenvalue weighted by atomic mass is 16.6. The number of rotatable bonds is 26. The second-order valence-electron chi connectivity index (χ2n) is 14.2. The molecule has 2 saturated heterocycles. The third kappa shape index (κ3) is 13.5. The van der Waals surface area contributed by atoms with Crippen LogP contribution in [0, 0.1) is 11.8 Å². The Morgan fingerprint density at radius 1 is 0.904 bits per heavy atom. The number of amides is 2. The van der Waals surface area contributed by atoms with E-state index in [9.17, 15) is 24.0 Å². The van der Waals surface area contributed by atoms with Crippen LogP contribution in [0.2, 0.25) is 0 Å². The first-order chi connectivity index (χ1) is 24.7. The van der Waals surface area contributed by atoms with Crippen molar-refractivity contribution in [2.75, 3.05) is 72.9 Å². The maximum Gasteiger partial charge on any atom is 0.407 e. The molecule has 0 bridgehead atoms. The summed E-state index contributed by atoms with van der Waals surface area (Å²) >= 11 is 0. The number of ketones is 3. The van der Waals surface area contributed by atoms with Gasteiger partial charge in [0, 0.05) is 20.2 Å². The fourth-order valence-corrected chi connectivity index (χ4v) is 6.49. The maximum atomic E-state index is 12.6. The number of hydrogen-bond acceptors (Lipinski definition) is 15. The van der Waals surface area contributed by atoms with Crippen LogP contribution in [-0.2, 0) is 47.6 Å². The highest BCUT2D eigenvalue weighted by Gasteiger charge is 2.72. The summed E-state index contributed by atoms with van der Waals surface area (Å²) in [6, 6.07) is -0.838. The molecule has 1 spiro atoms. The number of methoxy groups -OCH3 is 1. The number of hydrazine groups is 2. The smallest absolute Gasteiger partial charge is 0.407 e. The van der Waals surface area contributed by atoms with Gasteiger partial charge in [-0.05, 0) is 52.9 Å². The molecule has 0 radical (unpaired) electrons. The average molecular weight is 741 g/mol. The van der Waals surface area contributed by atoms with Gasteiger partial charge in [0.2, 0.25) is 17.5 Å². The lowest BCUT2D eigenvalue weighted by molar-refractivity contribution is -0.138. The molecule has 52 heavy (non-hydrogen) atoms. The van der Waals surface area contributed by atoms with Crippen LogP contribution in [-0.4, -0.2) is 138 Å². The molecule has 0 aromatic carbocycles. The number of alkyl carbamates (subject to hydrolysis) is 1. The van der Waals surface area contributed by atoms with E-state index in [-0.39, 0.29) is 87.3 Å². The highest BCUT2D eigenvalue weighted by molar-refractivity contribution is 6.40. The number of carbonyl (C=O) groups is 5. The monoisotopic (exact) mass is 740 g/mol. The maximum absolute atomic E-state index is 12.6. The molecule has 0 aromatic heterocycles. The standard InChI is InChI=1S/C35H60N6O11/c1-22(2)8-9-27-34(6,52-27)32-31(47-7)26(10-11-35(32)21-50-35)51-33(46)37-13-15-49-17-16-48-14-12-36-28(44)20-40-41-29(23(3)4)30(45)25(43)19-39-38-18-24(5)42/h8,23,26-27,29,31-32,38-41H,9-21H2,1-7H3,(H,36,44)(H,37,46)/t26?,27-,29+,31?,32?,34?,35+/m1/s1. The molecule has 2 amide bonds. The first kappa shape index (κ1) is 43.5. The minimum atomic E-state index is -0.838. The number of ether oxygens (including phenoxy) is 6. The Labute approximate surface area is 306 Å². The van der Waals surface area contributed by atoms with Crippen molar-refractivity contribution in [1.82, 2.24) is 32.3 Å². The molecule has 1 saturated carbocycles. The Morgan fingerprint density at radius 3 is 2.15 bits per heavy atom. The van der Waals surface area contributed by atoms with Gasteiger partial charge in [-0.15, -0.1) is 0 Å². The van der Waals surface area contributed by atoms with Gasteiger partial charge in [-0.3, -0.25) is 24.6 Å². The third-order valence-electron chi connectivity index (χ3n) is 9.39. The first-order valence-electron chi connectivity index (χ1n) is 18.1. The zero-order valence-electron chi connectivity index (χ0n) is 31.7. The quantitative estimate of drug-likeness (QED) is 0.0224. The SMILES string of the molecule is COC1C(OC(=O)NCCOCCOCCNC(=O)CNN[C@H](C(=O)C(=O)CNNCC(C)=O)C(C)C)CC[C@]2(CO2)C1C1(C)O[C@@H]1CC=C(C)C. The zero-order chi connectivity index (χ0) is 38.3. The van der Waals surface area contributed by atoms with Crippen LogP contribution >= 0.6 is 0 Å². The molecule has 7 atom stereocenters. The predicted octanol–water partition coefficient (Wildman–Crippen LogP) is -0.121. The molecule has 2 heterocycles. The van der Waals surface area contributed by atoms with Crippen LogP contribution in [0.15, 0.2) is 11.6 Å². The normalized spacial score (nSPS) is 26.8. The van der Waals surface area contributed by atoms with E-state index in [0.29, 0.717) is 26.2 Å². The van der Waals surface area contributed by atoms with Crippen molar-refractivity contribution in [2.24, 2.45) is 11.8 Å². The van der Waals surface area contributed by atoms with Crippen molar-refractivity contribution < 1.29 is 52.4 Å². The van der Waals surface area contributed by atoms with E-state index in [4.69, 9.17) is 28.4 Å². The van der Waals surface area contributed by atoms with Crippen molar-refractivity contribution in [3.05, 3.63) is 11.6 Å². The van der Waals surface area contributed by atoms with Gasteiger partial charge in [0.15, 0.2) is 0 Å². The molecule has 0 aromatic rings. The Hall–Kier alpha value is -2.87. The Morgan fingerprint density at radius 2 is 1.56 bits per heavy atom. The van der Waals surface area contributed by atoms with Crippen molar-refractivity contribution in [3.8, 4) is 0 Å². The van der Waals surface area contributed by atoms with E-state index in [1.165, 1.54) is 12.5 Å². The highest BCUT2D eigenvalue weighted by Crippen LogP contribution is 2.59. The molecular weight excluding hydrogens is 680 g/mol. The van der Waals surface area contributed by atoms with Gasteiger partial charge in [0.05, 0.1) is 70.7 Å². The van der Waals surface area contributed by atoms with Gasteiger partial charge in [-0.25, -0.2) is 21.1 Å². The number of nitrogens with one attached hydrogen (secondary N) is 6. The third-order valence-corrected chi connectivity index (χ3v) is 9.39. The lowest BCUT2D eigenvalue weighted by Gasteiger charge is -2.42. The van der Waals surface area contributed by atoms with Crippen molar-refractivity contribution in [1.29, 1.82) is 0 Å². The average Bonchev–Trinajstić information content (AvgIpc) is 4.01. The molecule has 3 rings (SSSR count). The van der Waals surface area contributed by atoms with Gasteiger partial charge in [-0.2, -0.15) is 0 Å². The fourth-order valence-electron chi connectivity index (χ4n) is 6.49. The summed E-state index contributed by atoms with van der Waals surface area (Å²) in [6.45, 7) is 13.1. The molecule has 2 aliphatic heterocycles. The Balaban J connectivity index is 1.22. The molecule has 4 unspecified atom stereocenters. The van der Waals surface area contributed by atoms with Crippen LogP contribution < -0.4 is 32.3 Å².